The molecule has 1 N–H and O–H groups in total. The number of aromatic nitrogens is 1. The van der Waals surface area contributed by atoms with E-state index in [9.17, 15) is 10.1 Å². The second kappa shape index (κ2) is 6.35. The van der Waals surface area contributed by atoms with Crippen molar-refractivity contribution in [2.75, 3.05) is 11.9 Å². The van der Waals surface area contributed by atoms with Crippen molar-refractivity contribution < 1.29 is 4.92 Å². The molecule has 2 aromatic rings. The van der Waals surface area contributed by atoms with Crippen molar-refractivity contribution in [2.45, 2.75) is 27.2 Å². The van der Waals surface area contributed by atoms with Crippen molar-refractivity contribution in [2.24, 2.45) is 0 Å². The quantitative estimate of drug-likeness (QED) is 0.663. The first-order valence-corrected chi connectivity index (χ1v) is 6.99. The lowest BCUT2D eigenvalue weighted by molar-refractivity contribution is -0.384. The van der Waals surface area contributed by atoms with Crippen molar-refractivity contribution in [1.82, 2.24) is 4.98 Å². The summed E-state index contributed by atoms with van der Waals surface area (Å²) in [4.78, 5) is 15.2. The van der Waals surface area contributed by atoms with Gasteiger partial charge in [0.2, 0.25) is 0 Å². The van der Waals surface area contributed by atoms with E-state index in [0.717, 1.165) is 29.7 Å². The molecule has 1 aromatic carbocycles. The first-order valence-electron chi connectivity index (χ1n) is 6.99. The normalized spacial score (nSPS) is 10.4. The number of pyridine rings is 1. The van der Waals surface area contributed by atoms with Gasteiger partial charge < -0.3 is 5.32 Å². The van der Waals surface area contributed by atoms with Crippen LogP contribution in [0.3, 0.4) is 0 Å². The highest BCUT2D eigenvalue weighted by atomic mass is 16.6. The number of rotatable bonds is 5. The molecule has 0 bridgehead atoms. The molecule has 110 valence electrons. The van der Waals surface area contributed by atoms with Crippen LogP contribution in [-0.2, 0) is 0 Å². The van der Waals surface area contributed by atoms with Gasteiger partial charge in [0.25, 0.3) is 5.69 Å². The summed E-state index contributed by atoms with van der Waals surface area (Å²) in [5, 5.41) is 14.2. The van der Waals surface area contributed by atoms with Gasteiger partial charge in [-0.25, -0.2) is 4.98 Å². The minimum Gasteiger partial charge on any atom is -0.370 e. The van der Waals surface area contributed by atoms with Crippen LogP contribution in [0, 0.1) is 24.0 Å². The maximum Gasteiger partial charge on any atom is 0.275 e. The number of hydrogen-bond acceptors (Lipinski definition) is 4. The number of nitrogens with zero attached hydrogens (tertiary/aromatic N) is 2. The standard InChI is InChI=1S/C16H19N3O2/c1-4-7-17-16-10-13(19(20)21)9-15(18-16)14-6-5-11(2)8-12(14)3/h5-6,8-10H,4,7H2,1-3H3,(H,17,18). The number of nitro groups is 1. The second-order valence-corrected chi connectivity index (χ2v) is 5.10. The second-order valence-electron chi connectivity index (χ2n) is 5.10. The zero-order valence-corrected chi connectivity index (χ0v) is 12.5. The van der Waals surface area contributed by atoms with Gasteiger partial charge in [0.15, 0.2) is 0 Å². The van der Waals surface area contributed by atoms with Crippen LogP contribution in [0.1, 0.15) is 24.5 Å². The van der Waals surface area contributed by atoms with E-state index in [0.29, 0.717) is 11.5 Å². The van der Waals surface area contributed by atoms with Gasteiger partial charge in [-0.3, -0.25) is 10.1 Å². The van der Waals surface area contributed by atoms with Crippen LogP contribution in [0.2, 0.25) is 0 Å². The third kappa shape index (κ3) is 3.56. The van der Waals surface area contributed by atoms with Crippen LogP contribution in [0.25, 0.3) is 11.3 Å². The topological polar surface area (TPSA) is 68.1 Å². The van der Waals surface area contributed by atoms with E-state index in [4.69, 9.17) is 0 Å². The van der Waals surface area contributed by atoms with Crippen LogP contribution >= 0.6 is 0 Å². The molecule has 0 atom stereocenters. The van der Waals surface area contributed by atoms with Crippen molar-refractivity contribution in [3.05, 3.63) is 51.6 Å². The molecule has 0 radical (unpaired) electrons. The SMILES string of the molecule is CCCNc1cc([N+](=O)[O-])cc(-c2ccc(C)cc2C)n1. The lowest BCUT2D eigenvalue weighted by atomic mass is 10.0. The Labute approximate surface area is 124 Å². The van der Waals surface area contributed by atoms with Gasteiger partial charge in [-0.1, -0.05) is 30.7 Å². The highest BCUT2D eigenvalue weighted by molar-refractivity contribution is 5.68. The largest absolute Gasteiger partial charge is 0.370 e. The molecule has 0 amide bonds. The molecule has 1 heterocycles. The molecule has 2 rings (SSSR count). The zero-order chi connectivity index (χ0) is 15.4. The molecule has 5 heteroatoms. The van der Waals surface area contributed by atoms with E-state index in [1.807, 2.05) is 32.9 Å². The lowest BCUT2D eigenvalue weighted by Gasteiger charge is -2.09. The molecule has 21 heavy (non-hydrogen) atoms. The van der Waals surface area contributed by atoms with Crippen LogP contribution in [0.5, 0.6) is 0 Å². The smallest absolute Gasteiger partial charge is 0.275 e. The molecule has 0 fully saturated rings. The van der Waals surface area contributed by atoms with Gasteiger partial charge in [0.05, 0.1) is 16.7 Å². The predicted octanol–water partition coefficient (Wildman–Crippen LogP) is 4.10. The first-order chi connectivity index (χ1) is 10.0. The average molecular weight is 285 g/mol. The van der Waals surface area contributed by atoms with Gasteiger partial charge in [0, 0.05) is 18.2 Å². The van der Waals surface area contributed by atoms with Gasteiger partial charge >= 0.3 is 0 Å². The lowest BCUT2D eigenvalue weighted by Crippen LogP contribution is -2.04. The molecule has 1 aromatic heterocycles. The Morgan fingerprint density at radius 2 is 2.00 bits per heavy atom. The van der Waals surface area contributed by atoms with Gasteiger partial charge in [-0.05, 0) is 25.8 Å². The fraction of sp³-hybridized carbons (Fsp3) is 0.312. The molecule has 0 saturated heterocycles. The summed E-state index contributed by atoms with van der Waals surface area (Å²) in [6, 6.07) is 8.99. The van der Waals surface area contributed by atoms with E-state index in [1.165, 1.54) is 12.1 Å². The van der Waals surface area contributed by atoms with Gasteiger partial charge in [-0.2, -0.15) is 0 Å². The van der Waals surface area contributed by atoms with Crippen molar-refractivity contribution in [1.29, 1.82) is 0 Å². The fourth-order valence-electron chi connectivity index (χ4n) is 2.20. The fourth-order valence-corrected chi connectivity index (χ4v) is 2.20. The van der Waals surface area contributed by atoms with Crippen molar-refractivity contribution in [3.8, 4) is 11.3 Å². The number of anilines is 1. The number of benzene rings is 1. The van der Waals surface area contributed by atoms with Crippen LogP contribution in [-0.4, -0.2) is 16.5 Å². The first kappa shape index (κ1) is 15.0. The Morgan fingerprint density at radius 1 is 1.24 bits per heavy atom. The van der Waals surface area contributed by atoms with Crippen LogP contribution in [0.15, 0.2) is 30.3 Å². The van der Waals surface area contributed by atoms with E-state index in [2.05, 4.69) is 16.4 Å². The summed E-state index contributed by atoms with van der Waals surface area (Å²) >= 11 is 0. The monoisotopic (exact) mass is 285 g/mol. The third-order valence-electron chi connectivity index (χ3n) is 3.23. The molecular formula is C16H19N3O2. The van der Waals surface area contributed by atoms with Crippen LogP contribution < -0.4 is 5.32 Å². The van der Waals surface area contributed by atoms with E-state index in [1.54, 1.807) is 0 Å². The molecule has 0 spiro atoms. The predicted molar refractivity (Wildman–Crippen MR) is 84.6 cm³/mol. The number of nitrogens with one attached hydrogen (secondary N) is 1. The zero-order valence-electron chi connectivity index (χ0n) is 12.5. The Balaban J connectivity index is 2.50. The van der Waals surface area contributed by atoms with E-state index < -0.39 is 0 Å². The molecular weight excluding hydrogens is 266 g/mol. The minimum absolute atomic E-state index is 0.0542. The highest BCUT2D eigenvalue weighted by Crippen LogP contribution is 2.28. The van der Waals surface area contributed by atoms with Crippen molar-refractivity contribution in [3.63, 3.8) is 0 Å². The maximum absolute atomic E-state index is 11.1. The van der Waals surface area contributed by atoms with Gasteiger partial charge in [0.1, 0.15) is 5.82 Å². The molecule has 5 nitrogen and oxygen atoms in total. The molecule has 0 aliphatic heterocycles. The maximum atomic E-state index is 11.1. The number of hydrogen-bond donors (Lipinski definition) is 1. The molecule has 0 aliphatic carbocycles. The third-order valence-corrected chi connectivity index (χ3v) is 3.23. The summed E-state index contributed by atoms with van der Waals surface area (Å²) in [6.45, 7) is 6.78. The Kier molecular flexibility index (Phi) is 4.52. The summed E-state index contributed by atoms with van der Waals surface area (Å²) in [6.07, 6.45) is 0.934. The van der Waals surface area contributed by atoms with E-state index >= 15 is 0 Å². The Morgan fingerprint density at radius 3 is 2.62 bits per heavy atom. The van der Waals surface area contributed by atoms with Gasteiger partial charge in [-0.15, -0.1) is 0 Å². The summed E-state index contributed by atoms with van der Waals surface area (Å²) in [5.41, 5.74) is 3.82. The van der Waals surface area contributed by atoms with Crippen molar-refractivity contribution >= 4 is 11.5 Å². The molecule has 0 saturated carbocycles. The Bertz CT molecular complexity index is 669. The summed E-state index contributed by atoms with van der Waals surface area (Å²) < 4.78 is 0. The summed E-state index contributed by atoms with van der Waals surface area (Å²) in [7, 11) is 0. The highest BCUT2D eigenvalue weighted by Gasteiger charge is 2.13. The minimum atomic E-state index is -0.383. The molecule has 0 aliphatic rings. The summed E-state index contributed by atoms with van der Waals surface area (Å²) in [5.74, 6) is 0.543. The Hall–Kier alpha value is -2.43. The van der Waals surface area contributed by atoms with Crippen LogP contribution in [0.4, 0.5) is 11.5 Å². The number of aryl methyl sites for hydroxylation is 2. The van der Waals surface area contributed by atoms with E-state index in [-0.39, 0.29) is 10.6 Å². The molecule has 0 unspecified atom stereocenters. The average Bonchev–Trinajstić information content (AvgIpc) is 2.44.